The van der Waals surface area contributed by atoms with Crippen molar-refractivity contribution in [2.45, 2.75) is 31.3 Å². The van der Waals surface area contributed by atoms with Crippen molar-refractivity contribution in [3.63, 3.8) is 0 Å². The van der Waals surface area contributed by atoms with Crippen LogP contribution in [0.5, 0.6) is 0 Å². The Morgan fingerprint density at radius 2 is 1.37 bits per heavy atom. The van der Waals surface area contributed by atoms with Crippen LogP contribution < -0.4 is 9.62 Å². The Kier molecular flexibility index (Phi) is 7.32. The van der Waals surface area contributed by atoms with Crippen molar-refractivity contribution in [2.75, 3.05) is 4.31 Å². The van der Waals surface area contributed by atoms with Gasteiger partial charge in [0, 0.05) is 5.56 Å². The summed E-state index contributed by atoms with van der Waals surface area (Å²) in [6.45, 7) is 4.12. The zero-order chi connectivity index (χ0) is 24.8. The lowest BCUT2D eigenvalue weighted by atomic mass is 10.1. The second kappa shape index (κ2) is 10.6. The molecule has 6 heteroatoms. The number of hydrogen-bond donors (Lipinski definition) is 1. The van der Waals surface area contributed by atoms with Crippen molar-refractivity contribution in [2.24, 2.45) is 0 Å². The van der Waals surface area contributed by atoms with Gasteiger partial charge < -0.3 is 5.32 Å². The lowest BCUT2D eigenvalue weighted by molar-refractivity contribution is 0.0940. The van der Waals surface area contributed by atoms with E-state index in [1.807, 2.05) is 56.3 Å². The number of para-hydroxylation sites is 1. The molecule has 0 aromatic heterocycles. The molecular weight excluding hydrogens is 456 g/mol. The zero-order valence-corrected chi connectivity index (χ0v) is 20.6. The Labute approximate surface area is 207 Å². The number of benzene rings is 4. The van der Waals surface area contributed by atoms with Gasteiger partial charge in [-0.2, -0.15) is 0 Å². The van der Waals surface area contributed by atoms with Gasteiger partial charge in [0.2, 0.25) is 0 Å². The van der Waals surface area contributed by atoms with Crippen molar-refractivity contribution in [1.82, 2.24) is 5.32 Å². The van der Waals surface area contributed by atoms with Gasteiger partial charge in [-0.05, 0) is 61.4 Å². The van der Waals surface area contributed by atoms with E-state index >= 15 is 0 Å². The predicted octanol–water partition coefficient (Wildman–Crippen LogP) is 5.88. The van der Waals surface area contributed by atoms with Crippen LogP contribution in [0.1, 0.15) is 40.0 Å². The lowest BCUT2D eigenvalue weighted by Gasteiger charge is -2.25. The van der Waals surface area contributed by atoms with E-state index < -0.39 is 10.0 Å². The third kappa shape index (κ3) is 5.78. The molecule has 1 amide bonds. The summed E-state index contributed by atoms with van der Waals surface area (Å²) in [4.78, 5) is 13.0. The van der Waals surface area contributed by atoms with Crippen LogP contribution in [0, 0.1) is 6.92 Å². The highest BCUT2D eigenvalue weighted by Gasteiger charge is 2.25. The van der Waals surface area contributed by atoms with E-state index in [9.17, 15) is 13.2 Å². The summed E-state index contributed by atoms with van der Waals surface area (Å²) in [5, 5.41) is 3.02. The number of aryl methyl sites for hydroxylation is 1. The number of hydrogen-bond acceptors (Lipinski definition) is 3. The molecule has 0 aliphatic rings. The summed E-state index contributed by atoms with van der Waals surface area (Å²) in [6, 6.07) is 32.4. The standard InChI is InChI=1S/C29H28N2O3S/c1-22-13-17-25(18-14-22)23(2)30-29(32)26-19-15-24(16-20-26)21-31(27-9-5-3-6-10-27)35(33,34)28-11-7-4-8-12-28/h3-20,23H,21H2,1-2H3,(H,30,32)/t23-/m0/s1. The number of anilines is 1. The average molecular weight is 485 g/mol. The quantitative estimate of drug-likeness (QED) is 0.340. The van der Waals surface area contributed by atoms with Gasteiger partial charge in [0.15, 0.2) is 0 Å². The Morgan fingerprint density at radius 1 is 0.800 bits per heavy atom. The molecule has 4 aromatic carbocycles. The molecule has 0 saturated carbocycles. The summed E-state index contributed by atoms with van der Waals surface area (Å²) in [7, 11) is -3.77. The minimum atomic E-state index is -3.77. The molecule has 0 heterocycles. The molecule has 0 fully saturated rings. The monoisotopic (exact) mass is 484 g/mol. The van der Waals surface area contributed by atoms with Crippen molar-refractivity contribution >= 4 is 21.6 Å². The first-order valence-electron chi connectivity index (χ1n) is 11.4. The Balaban J connectivity index is 1.53. The first-order chi connectivity index (χ1) is 16.8. The van der Waals surface area contributed by atoms with Crippen LogP contribution in [0.4, 0.5) is 5.69 Å². The fourth-order valence-corrected chi connectivity index (χ4v) is 5.25. The van der Waals surface area contributed by atoms with Gasteiger partial charge in [-0.15, -0.1) is 0 Å². The third-order valence-electron chi connectivity index (χ3n) is 5.84. The maximum atomic E-state index is 13.5. The molecule has 0 aliphatic carbocycles. The van der Waals surface area contributed by atoms with Crippen LogP contribution in [0.15, 0.2) is 114 Å². The van der Waals surface area contributed by atoms with E-state index in [2.05, 4.69) is 5.32 Å². The highest BCUT2D eigenvalue weighted by atomic mass is 32.2. The molecule has 0 bridgehead atoms. The number of carbonyl (C=O) groups excluding carboxylic acids is 1. The van der Waals surface area contributed by atoms with Crippen molar-refractivity contribution < 1.29 is 13.2 Å². The van der Waals surface area contributed by atoms with Crippen LogP contribution in [-0.2, 0) is 16.6 Å². The molecule has 35 heavy (non-hydrogen) atoms. The van der Waals surface area contributed by atoms with E-state index in [1.54, 1.807) is 66.7 Å². The van der Waals surface area contributed by atoms with Gasteiger partial charge in [-0.25, -0.2) is 8.42 Å². The van der Waals surface area contributed by atoms with Crippen molar-refractivity contribution in [3.05, 3.63) is 131 Å². The molecule has 0 saturated heterocycles. The second-order valence-corrected chi connectivity index (χ2v) is 10.3. The molecule has 178 valence electrons. The number of amides is 1. The van der Waals surface area contributed by atoms with Crippen LogP contribution >= 0.6 is 0 Å². The van der Waals surface area contributed by atoms with Crippen LogP contribution in [0.25, 0.3) is 0 Å². The fourth-order valence-electron chi connectivity index (χ4n) is 3.77. The predicted molar refractivity (Wildman–Crippen MR) is 140 cm³/mol. The molecule has 0 spiro atoms. The number of sulfonamides is 1. The first-order valence-corrected chi connectivity index (χ1v) is 12.9. The fraction of sp³-hybridized carbons (Fsp3) is 0.138. The van der Waals surface area contributed by atoms with Crippen molar-refractivity contribution in [3.8, 4) is 0 Å². The Bertz CT molecular complexity index is 1370. The third-order valence-corrected chi connectivity index (χ3v) is 7.63. The maximum Gasteiger partial charge on any atom is 0.264 e. The molecule has 0 aliphatic heterocycles. The van der Waals surface area contributed by atoms with Crippen LogP contribution in [0.3, 0.4) is 0 Å². The molecule has 4 rings (SSSR count). The summed E-state index contributed by atoms with van der Waals surface area (Å²) < 4.78 is 28.3. The SMILES string of the molecule is Cc1ccc([C@H](C)NC(=O)c2ccc(CN(c3ccccc3)S(=O)(=O)c3ccccc3)cc2)cc1. The van der Waals surface area contributed by atoms with Crippen molar-refractivity contribution in [1.29, 1.82) is 0 Å². The molecular formula is C29H28N2O3S. The molecule has 5 nitrogen and oxygen atoms in total. The largest absolute Gasteiger partial charge is 0.346 e. The van der Waals surface area contributed by atoms with E-state index in [1.165, 1.54) is 9.87 Å². The van der Waals surface area contributed by atoms with Gasteiger partial charge in [0.05, 0.1) is 23.2 Å². The summed E-state index contributed by atoms with van der Waals surface area (Å²) >= 11 is 0. The molecule has 1 N–H and O–H groups in total. The van der Waals surface area contributed by atoms with Crippen LogP contribution in [0.2, 0.25) is 0 Å². The van der Waals surface area contributed by atoms with Gasteiger partial charge in [-0.1, -0.05) is 78.4 Å². The molecule has 0 radical (unpaired) electrons. The van der Waals surface area contributed by atoms with Gasteiger partial charge >= 0.3 is 0 Å². The highest BCUT2D eigenvalue weighted by Crippen LogP contribution is 2.26. The first kappa shape index (κ1) is 24.2. The van der Waals surface area contributed by atoms with Crippen LogP contribution in [-0.4, -0.2) is 14.3 Å². The molecule has 1 atom stereocenters. The number of nitrogens with zero attached hydrogens (tertiary/aromatic N) is 1. The summed E-state index contributed by atoms with van der Waals surface area (Å²) in [6.07, 6.45) is 0. The summed E-state index contributed by atoms with van der Waals surface area (Å²) in [5.74, 6) is -0.179. The van der Waals surface area contributed by atoms with E-state index in [4.69, 9.17) is 0 Å². The van der Waals surface area contributed by atoms with Gasteiger partial charge in [0.25, 0.3) is 15.9 Å². The second-order valence-electron chi connectivity index (χ2n) is 8.46. The number of nitrogens with one attached hydrogen (secondary N) is 1. The molecule has 4 aromatic rings. The smallest absolute Gasteiger partial charge is 0.264 e. The normalized spacial score (nSPS) is 12.1. The molecule has 0 unspecified atom stereocenters. The Hall–Kier alpha value is -3.90. The minimum Gasteiger partial charge on any atom is -0.346 e. The minimum absolute atomic E-state index is 0.132. The number of carbonyl (C=O) groups is 1. The average Bonchev–Trinajstić information content (AvgIpc) is 2.89. The van der Waals surface area contributed by atoms with Gasteiger partial charge in [-0.3, -0.25) is 9.10 Å². The Morgan fingerprint density at radius 3 is 1.97 bits per heavy atom. The topological polar surface area (TPSA) is 66.5 Å². The lowest BCUT2D eigenvalue weighted by Crippen LogP contribution is -2.30. The summed E-state index contributed by atoms with van der Waals surface area (Å²) in [5.41, 5.74) is 4.07. The van der Waals surface area contributed by atoms with E-state index in [0.29, 0.717) is 11.3 Å². The maximum absolute atomic E-state index is 13.5. The van der Waals surface area contributed by atoms with E-state index in [0.717, 1.165) is 11.1 Å². The zero-order valence-electron chi connectivity index (χ0n) is 19.8. The van der Waals surface area contributed by atoms with E-state index in [-0.39, 0.29) is 23.4 Å². The highest BCUT2D eigenvalue weighted by molar-refractivity contribution is 7.92. The van der Waals surface area contributed by atoms with Gasteiger partial charge in [0.1, 0.15) is 0 Å². The number of rotatable bonds is 8.